The van der Waals surface area contributed by atoms with E-state index >= 15 is 0 Å². The molecular weight excluding hydrogens is 306 g/mol. The van der Waals surface area contributed by atoms with Crippen LogP contribution in [0.5, 0.6) is 0 Å². The van der Waals surface area contributed by atoms with E-state index in [1.165, 1.54) is 5.56 Å². The quantitative estimate of drug-likeness (QED) is 0.537. The minimum Gasteiger partial charge on any atom is -0.304 e. The third-order valence-electron chi connectivity index (χ3n) is 3.68. The predicted molar refractivity (Wildman–Crippen MR) is 94.7 cm³/mol. The Morgan fingerprint density at radius 3 is 2.26 bits per heavy atom. The summed E-state index contributed by atoms with van der Waals surface area (Å²) in [6.07, 6.45) is 3.50. The monoisotopic (exact) mass is 329 g/mol. The molecule has 23 heavy (non-hydrogen) atoms. The third-order valence-corrected chi connectivity index (χ3v) is 5.13. The molecule has 0 aromatic heterocycles. The molecule has 0 saturated heterocycles. The lowest BCUT2D eigenvalue weighted by atomic mass is 10.1. The predicted octanol–water partition coefficient (Wildman–Crippen LogP) is 3.32. The average molecular weight is 329 g/mol. The van der Waals surface area contributed by atoms with Gasteiger partial charge in [0.25, 0.3) is 0 Å². The molecule has 0 aliphatic heterocycles. The fourth-order valence-electron chi connectivity index (χ4n) is 2.35. The molecule has 0 aliphatic carbocycles. The van der Waals surface area contributed by atoms with Crippen LogP contribution in [-0.2, 0) is 22.1 Å². The van der Waals surface area contributed by atoms with Crippen molar-refractivity contribution in [2.75, 3.05) is 5.75 Å². The molecule has 2 aromatic rings. The molecule has 4 heteroatoms. The van der Waals surface area contributed by atoms with E-state index in [9.17, 15) is 9.00 Å². The molecule has 0 bridgehead atoms. The van der Waals surface area contributed by atoms with E-state index in [1.807, 2.05) is 60.7 Å². The maximum atomic E-state index is 12.1. The molecule has 0 fully saturated rings. The van der Waals surface area contributed by atoms with E-state index in [0.717, 1.165) is 30.4 Å². The molecule has 2 unspecified atom stereocenters. The lowest BCUT2D eigenvalue weighted by Gasteiger charge is -2.12. The Morgan fingerprint density at radius 1 is 0.957 bits per heavy atom. The van der Waals surface area contributed by atoms with Crippen LogP contribution in [0.2, 0.25) is 0 Å². The van der Waals surface area contributed by atoms with Crippen LogP contribution in [-0.4, -0.2) is 22.3 Å². The van der Waals surface area contributed by atoms with Crippen molar-refractivity contribution < 1.29 is 9.00 Å². The third kappa shape index (κ3) is 6.47. The fourth-order valence-corrected chi connectivity index (χ4v) is 3.51. The Kier molecular flexibility index (Phi) is 7.70. The zero-order chi connectivity index (χ0) is 16.3. The molecule has 2 rings (SSSR count). The molecule has 0 aliphatic rings. The van der Waals surface area contributed by atoms with E-state index in [4.69, 9.17) is 0 Å². The normalized spacial score (nSPS) is 13.4. The summed E-state index contributed by atoms with van der Waals surface area (Å²) in [7, 11) is -0.942. The smallest absolute Gasteiger partial charge is 0.136 e. The first-order valence-corrected chi connectivity index (χ1v) is 9.27. The number of hydrogen-bond acceptors (Lipinski definition) is 3. The van der Waals surface area contributed by atoms with Crippen molar-refractivity contribution in [3.8, 4) is 0 Å². The van der Waals surface area contributed by atoms with Crippen LogP contribution in [0.4, 0.5) is 0 Å². The van der Waals surface area contributed by atoms with Crippen LogP contribution >= 0.6 is 0 Å². The Hall–Kier alpha value is -1.78. The van der Waals surface area contributed by atoms with Crippen molar-refractivity contribution in [3.05, 3.63) is 66.2 Å². The number of nitrogens with one attached hydrogen (secondary N) is 1. The number of unbranched alkanes of at least 4 members (excludes halogenated alkanes) is 1. The Morgan fingerprint density at radius 2 is 1.61 bits per heavy atom. The zero-order valence-corrected chi connectivity index (χ0v) is 14.0. The van der Waals surface area contributed by atoms with Crippen molar-refractivity contribution >= 4 is 17.1 Å². The summed E-state index contributed by atoms with van der Waals surface area (Å²) >= 11 is 0. The summed E-state index contributed by atoms with van der Waals surface area (Å²) in [5, 5.41) is 3.26. The van der Waals surface area contributed by atoms with Crippen LogP contribution in [0.3, 0.4) is 0 Å². The number of carbonyl (C=O) groups is 1. The highest BCUT2D eigenvalue weighted by molar-refractivity contribution is 7.85. The van der Waals surface area contributed by atoms with Gasteiger partial charge in [-0.2, -0.15) is 0 Å². The van der Waals surface area contributed by atoms with Gasteiger partial charge in [0.05, 0.1) is 16.8 Å². The molecule has 0 heterocycles. The van der Waals surface area contributed by atoms with E-state index in [2.05, 4.69) is 5.32 Å². The van der Waals surface area contributed by atoms with E-state index in [0.29, 0.717) is 12.3 Å². The topological polar surface area (TPSA) is 46.2 Å². The van der Waals surface area contributed by atoms with Crippen molar-refractivity contribution in [3.63, 3.8) is 0 Å². The average Bonchev–Trinajstić information content (AvgIpc) is 2.62. The number of carbonyl (C=O) groups excluding carboxylic acids is 1. The van der Waals surface area contributed by atoms with Crippen LogP contribution in [0, 0.1) is 0 Å². The Labute approximate surface area is 140 Å². The van der Waals surface area contributed by atoms with Gasteiger partial charge in [-0.3, -0.25) is 4.21 Å². The first-order chi connectivity index (χ1) is 11.3. The van der Waals surface area contributed by atoms with Gasteiger partial charge >= 0.3 is 0 Å². The van der Waals surface area contributed by atoms with Crippen molar-refractivity contribution in [2.24, 2.45) is 0 Å². The summed E-state index contributed by atoms with van der Waals surface area (Å²) < 4.78 is 12.1. The largest absolute Gasteiger partial charge is 0.304 e. The summed E-state index contributed by atoms with van der Waals surface area (Å²) in [4.78, 5) is 12.0. The maximum absolute atomic E-state index is 12.1. The highest BCUT2D eigenvalue weighted by Crippen LogP contribution is 2.09. The Balaban J connectivity index is 1.65. The van der Waals surface area contributed by atoms with Gasteiger partial charge in [-0.15, -0.1) is 0 Å². The number of aldehydes is 1. The van der Waals surface area contributed by atoms with Gasteiger partial charge < -0.3 is 10.1 Å². The van der Waals surface area contributed by atoms with Gasteiger partial charge in [0.2, 0.25) is 0 Å². The molecule has 1 N–H and O–H groups in total. The summed E-state index contributed by atoms with van der Waals surface area (Å²) in [6.45, 7) is 0.695. The van der Waals surface area contributed by atoms with Crippen LogP contribution < -0.4 is 5.32 Å². The van der Waals surface area contributed by atoms with Crippen molar-refractivity contribution in [2.45, 2.75) is 36.7 Å². The first kappa shape index (κ1) is 17.6. The summed E-state index contributed by atoms with van der Waals surface area (Å²) in [5.41, 5.74) is 1.17. The SMILES string of the molecule is O=CC(CCCCS(=O)c1ccccc1)NCc1ccccc1. The molecule has 0 saturated carbocycles. The molecule has 0 spiro atoms. The second-order valence-electron chi connectivity index (χ2n) is 5.47. The molecule has 2 atom stereocenters. The van der Waals surface area contributed by atoms with Crippen molar-refractivity contribution in [1.29, 1.82) is 0 Å². The van der Waals surface area contributed by atoms with E-state index in [-0.39, 0.29) is 6.04 Å². The Bertz CT molecular complexity index is 601. The highest BCUT2D eigenvalue weighted by Gasteiger charge is 2.08. The van der Waals surface area contributed by atoms with Crippen LogP contribution in [0.1, 0.15) is 24.8 Å². The minimum atomic E-state index is -0.942. The zero-order valence-electron chi connectivity index (χ0n) is 13.2. The molecule has 0 radical (unpaired) electrons. The van der Waals surface area contributed by atoms with Gasteiger partial charge in [0.15, 0.2) is 0 Å². The molecule has 2 aromatic carbocycles. The number of hydrogen-bond donors (Lipinski definition) is 1. The lowest BCUT2D eigenvalue weighted by Crippen LogP contribution is -2.30. The van der Waals surface area contributed by atoms with E-state index in [1.54, 1.807) is 0 Å². The van der Waals surface area contributed by atoms with Gasteiger partial charge in [-0.1, -0.05) is 55.0 Å². The lowest BCUT2D eigenvalue weighted by molar-refractivity contribution is -0.109. The van der Waals surface area contributed by atoms with Gasteiger partial charge in [0, 0.05) is 17.2 Å². The fraction of sp³-hybridized carbons (Fsp3) is 0.316. The first-order valence-electron chi connectivity index (χ1n) is 7.95. The van der Waals surface area contributed by atoms with E-state index < -0.39 is 10.8 Å². The minimum absolute atomic E-state index is 0.139. The number of benzene rings is 2. The molecule has 122 valence electrons. The van der Waals surface area contributed by atoms with Crippen LogP contribution in [0.15, 0.2) is 65.6 Å². The molecule has 0 amide bonds. The second kappa shape index (κ2) is 10.1. The highest BCUT2D eigenvalue weighted by atomic mass is 32.2. The summed E-state index contributed by atoms with van der Waals surface area (Å²) in [6, 6.07) is 19.4. The molecule has 3 nitrogen and oxygen atoms in total. The standard InChI is InChI=1S/C19H23NO2S/c21-16-18(20-15-17-9-3-1-4-10-17)11-7-8-14-23(22)19-12-5-2-6-13-19/h1-6,9-10,12-13,16,18,20H,7-8,11,14-15H2. The van der Waals surface area contributed by atoms with Gasteiger partial charge in [-0.05, 0) is 30.5 Å². The molecular formula is C19H23NO2S. The summed E-state index contributed by atoms with van der Waals surface area (Å²) in [5.74, 6) is 0.647. The van der Waals surface area contributed by atoms with Gasteiger partial charge in [-0.25, -0.2) is 0 Å². The maximum Gasteiger partial charge on any atom is 0.136 e. The number of rotatable bonds is 10. The van der Waals surface area contributed by atoms with Crippen molar-refractivity contribution in [1.82, 2.24) is 5.32 Å². The van der Waals surface area contributed by atoms with Gasteiger partial charge in [0.1, 0.15) is 6.29 Å². The second-order valence-corrected chi connectivity index (χ2v) is 7.04. The van der Waals surface area contributed by atoms with Crippen LogP contribution in [0.25, 0.3) is 0 Å².